The second kappa shape index (κ2) is 9.92. The normalized spacial score (nSPS) is 17.0. The van der Waals surface area contributed by atoms with E-state index in [-0.39, 0.29) is 6.04 Å². The van der Waals surface area contributed by atoms with Gasteiger partial charge in [0.05, 0.1) is 20.3 Å². The van der Waals surface area contributed by atoms with Gasteiger partial charge in [-0.3, -0.25) is 0 Å². The van der Waals surface area contributed by atoms with E-state index < -0.39 is 6.10 Å². The molecule has 5 rings (SSSR count). The number of fused-ring (bicyclic) bond motifs is 3. The van der Waals surface area contributed by atoms with E-state index >= 15 is 0 Å². The number of piperidine rings is 1. The SMILES string of the molecule is COc1ccc2c(C(O)C3CCCCN3)cc3cc(OC)c(OCc4ccccc4)cc3c2c1. The van der Waals surface area contributed by atoms with Crippen molar-refractivity contribution >= 4 is 21.5 Å². The molecular weight excluding hydrogens is 426 g/mol. The van der Waals surface area contributed by atoms with Crippen LogP contribution in [0.1, 0.15) is 36.5 Å². The van der Waals surface area contributed by atoms with E-state index in [1.54, 1.807) is 14.2 Å². The quantitative estimate of drug-likeness (QED) is 0.345. The van der Waals surface area contributed by atoms with Crippen molar-refractivity contribution < 1.29 is 19.3 Å². The average Bonchev–Trinajstić information content (AvgIpc) is 2.91. The second-order valence-corrected chi connectivity index (χ2v) is 8.88. The Bertz CT molecular complexity index is 1280. The molecule has 0 aliphatic carbocycles. The largest absolute Gasteiger partial charge is 0.497 e. The molecule has 0 saturated carbocycles. The van der Waals surface area contributed by atoms with Gasteiger partial charge >= 0.3 is 0 Å². The van der Waals surface area contributed by atoms with Crippen molar-refractivity contribution in [3.63, 3.8) is 0 Å². The van der Waals surface area contributed by atoms with Gasteiger partial charge in [0.2, 0.25) is 0 Å². The van der Waals surface area contributed by atoms with Crippen LogP contribution in [0.4, 0.5) is 0 Å². The molecule has 0 spiro atoms. The molecule has 4 aromatic carbocycles. The lowest BCUT2D eigenvalue weighted by Gasteiger charge is -2.29. The monoisotopic (exact) mass is 457 g/mol. The number of hydrogen-bond donors (Lipinski definition) is 2. The minimum Gasteiger partial charge on any atom is -0.497 e. The van der Waals surface area contributed by atoms with Crippen LogP contribution < -0.4 is 19.5 Å². The molecule has 34 heavy (non-hydrogen) atoms. The number of aliphatic hydroxyl groups is 1. The van der Waals surface area contributed by atoms with Crippen molar-refractivity contribution in [1.82, 2.24) is 5.32 Å². The van der Waals surface area contributed by atoms with Crippen LogP contribution in [-0.2, 0) is 6.61 Å². The minimum absolute atomic E-state index is 0.0480. The van der Waals surface area contributed by atoms with E-state index in [0.29, 0.717) is 18.1 Å². The minimum atomic E-state index is -0.597. The first-order chi connectivity index (χ1) is 16.7. The van der Waals surface area contributed by atoms with Crippen molar-refractivity contribution in [2.24, 2.45) is 0 Å². The second-order valence-electron chi connectivity index (χ2n) is 8.88. The van der Waals surface area contributed by atoms with Crippen LogP contribution >= 0.6 is 0 Å². The zero-order valence-electron chi connectivity index (χ0n) is 19.7. The summed E-state index contributed by atoms with van der Waals surface area (Å²) in [5.41, 5.74) is 2.01. The number of aliphatic hydroxyl groups excluding tert-OH is 1. The lowest BCUT2D eigenvalue weighted by molar-refractivity contribution is 0.115. The maximum atomic E-state index is 11.4. The highest BCUT2D eigenvalue weighted by Gasteiger charge is 2.25. The predicted molar refractivity (Wildman–Crippen MR) is 136 cm³/mol. The van der Waals surface area contributed by atoms with Crippen LogP contribution in [0.5, 0.6) is 17.2 Å². The fraction of sp³-hybridized carbons (Fsp3) is 0.310. The van der Waals surface area contributed by atoms with Gasteiger partial charge in [0.15, 0.2) is 11.5 Å². The summed E-state index contributed by atoms with van der Waals surface area (Å²) >= 11 is 0. The fourth-order valence-electron chi connectivity index (χ4n) is 4.92. The molecule has 0 bridgehead atoms. The van der Waals surface area contributed by atoms with Crippen molar-refractivity contribution in [3.05, 3.63) is 77.9 Å². The standard InChI is InChI=1S/C29H31NO4/c1-32-21-11-12-22-24(16-21)23-17-28(34-18-19-8-4-3-5-9-19)27(33-2)15-20(23)14-25(22)29(31)26-10-6-7-13-30-26/h3-5,8-9,11-12,14-17,26,29-31H,6-7,10,13,18H2,1-2H3. The Morgan fingerprint density at radius 2 is 1.74 bits per heavy atom. The van der Waals surface area contributed by atoms with E-state index in [1.807, 2.05) is 60.7 Å². The topological polar surface area (TPSA) is 60.0 Å². The molecule has 2 unspecified atom stereocenters. The van der Waals surface area contributed by atoms with Gasteiger partial charge < -0.3 is 24.6 Å². The Morgan fingerprint density at radius 1 is 0.882 bits per heavy atom. The van der Waals surface area contributed by atoms with Crippen LogP contribution in [0.25, 0.3) is 21.5 Å². The molecule has 2 atom stereocenters. The van der Waals surface area contributed by atoms with Gasteiger partial charge in [-0.25, -0.2) is 0 Å². The van der Waals surface area contributed by atoms with Crippen molar-refractivity contribution in [3.8, 4) is 17.2 Å². The number of benzene rings is 4. The molecule has 5 nitrogen and oxygen atoms in total. The molecule has 1 fully saturated rings. The predicted octanol–water partition coefficient (Wildman–Crippen LogP) is 5.76. The third kappa shape index (κ3) is 4.41. The molecule has 1 heterocycles. The van der Waals surface area contributed by atoms with E-state index in [1.165, 1.54) is 0 Å². The van der Waals surface area contributed by atoms with Gasteiger partial charge in [-0.05, 0) is 82.4 Å². The molecular formula is C29H31NO4. The molecule has 2 N–H and O–H groups in total. The smallest absolute Gasteiger partial charge is 0.162 e. The average molecular weight is 458 g/mol. The molecule has 4 aromatic rings. The number of ether oxygens (including phenoxy) is 3. The zero-order chi connectivity index (χ0) is 23.5. The van der Waals surface area contributed by atoms with Crippen molar-refractivity contribution in [2.45, 2.75) is 38.0 Å². The summed E-state index contributed by atoms with van der Waals surface area (Å²) < 4.78 is 17.4. The first-order valence-corrected chi connectivity index (χ1v) is 11.9. The fourth-order valence-corrected chi connectivity index (χ4v) is 4.92. The summed E-state index contributed by atoms with van der Waals surface area (Å²) in [5.74, 6) is 2.13. The summed E-state index contributed by atoms with van der Waals surface area (Å²) in [5, 5.41) is 18.9. The molecule has 1 saturated heterocycles. The highest BCUT2D eigenvalue weighted by Crippen LogP contribution is 2.41. The summed E-state index contributed by atoms with van der Waals surface area (Å²) in [6.45, 7) is 1.39. The summed E-state index contributed by atoms with van der Waals surface area (Å²) in [6.07, 6.45) is 2.65. The van der Waals surface area contributed by atoms with Crippen LogP contribution in [0, 0.1) is 0 Å². The molecule has 0 amide bonds. The Hall–Kier alpha value is -3.28. The highest BCUT2D eigenvalue weighted by atomic mass is 16.5. The lowest BCUT2D eigenvalue weighted by atomic mass is 9.89. The molecule has 1 aliphatic rings. The summed E-state index contributed by atoms with van der Waals surface area (Å²) in [6, 6.07) is 22.3. The molecule has 0 radical (unpaired) electrons. The Balaban J connectivity index is 1.63. The van der Waals surface area contributed by atoms with Crippen LogP contribution in [0.15, 0.2) is 66.7 Å². The molecule has 1 aliphatic heterocycles. The third-order valence-electron chi connectivity index (χ3n) is 6.76. The van der Waals surface area contributed by atoms with Gasteiger partial charge in [-0.1, -0.05) is 42.8 Å². The summed E-state index contributed by atoms with van der Waals surface area (Å²) in [7, 11) is 3.33. The van der Waals surface area contributed by atoms with Crippen molar-refractivity contribution in [1.29, 1.82) is 0 Å². The molecule has 176 valence electrons. The van der Waals surface area contributed by atoms with Crippen LogP contribution in [0.3, 0.4) is 0 Å². The first-order valence-electron chi connectivity index (χ1n) is 11.9. The van der Waals surface area contributed by atoms with E-state index in [0.717, 1.165) is 64.2 Å². The van der Waals surface area contributed by atoms with Crippen molar-refractivity contribution in [2.75, 3.05) is 20.8 Å². The van der Waals surface area contributed by atoms with Gasteiger partial charge in [0, 0.05) is 6.04 Å². The number of hydrogen-bond acceptors (Lipinski definition) is 5. The van der Waals surface area contributed by atoms with Crippen LogP contribution in [-0.4, -0.2) is 31.9 Å². The van der Waals surface area contributed by atoms with E-state index in [2.05, 4.69) is 11.4 Å². The van der Waals surface area contributed by atoms with Crippen LogP contribution in [0.2, 0.25) is 0 Å². The molecule has 0 aromatic heterocycles. The maximum absolute atomic E-state index is 11.4. The van der Waals surface area contributed by atoms with Gasteiger partial charge in [0.25, 0.3) is 0 Å². The third-order valence-corrected chi connectivity index (χ3v) is 6.76. The Kier molecular flexibility index (Phi) is 6.57. The van der Waals surface area contributed by atoms with E-state index in [4.69, 9.17) is 14.2 Å². The number of nitrogens with one attached hydrogen (secondary N) is 1. The van der Waals surface area contributed by atoms with Gasteiger partial charge in [-0.2, -0.15) is 0 Å². The van der Waals surface area contributed by atoms with Gasteiger partial charge in [0.1, 0.15) is 12.4 Å². The number of methoxy groups -OCH3 is 2. The van der Waals surface area contributed by atoms with E-state index in [9.17, 15) is 5.11 Å². The maximum Gasteiger partial charge on any atom is 0.162 e. The van der Waals surface area contributed by atoms with Gasteiger partial charge in [-0.15, -0.1) is 0 Å². The Morgan fingerprint density at radius 3 is 2.47 bits per heavy atom. The molecule has 5 heteroatoms. The first kappa shape index (κ1) is 22.5. The summed E-state index contributed by atoms with van der Waals surface area (Å²) in [4.78, 5) is 0. The number of rotatable bonds is 7. The zero-order valence-corrected chi connectivity index (χ0v) is 19.7. The lowest BCUT2D eigenvalue weighted by Crippen LogP contribution is -2.38. The Labute approximate surface area is 200 Å². The highest BCUT2D eigenvalue weighted by molar-refractivity contribution is 6.10.